The Labute approximate surface area is 134 Å². The van der Waals surface area contributed by atoms with Crippen molar-refractivity contribution >= 4 is 22.7 Å². The molecular weight excluding hydrogens is 290 g/mol. The molecule has 0 bridgehead atoms. The Kier molecular flexibility index (Phi) is 4.19. The Morgan fingerprint density at radius 1 is 1.04 bits per heavy atom. The molecule has 0 saturated carbocycles. The molecule has 0 radical (unpaired) electrons. The minimum absolute atomic E-state index is 0.0119. The van der Waals surface area contributed by atoms with Crippen LogP contribution in [0.2, 0.25) is 0 Å². The average molecular weight is 307 g/mol. The Hall–Kier alpha value is -2.95. The number of rotatable bonds is 5. The van der Waals surface area contributed by atoms with E-state index in [4.69, 9.17) is 0 Å². The molecule has 0 aliphatic rings. The SMILES string of the molecule is CC(=O)NCc1nc2ccccc2n1CC(=O)c1ccccc1. The molecule has 0 saturated heterocycles. The van der Waals surface area contributed by atoms with Crippen molar-refractivity contribution in [2.45, 2.75) is 20.0 Å². The van der Waals surface area contributed by atoms with Gasteiger partial charge >= 0.3 is 0 Å². The predicted octanol–water partition coefficient (Wildman–Crippen LogP) is 2.56. The normalized spacial score (nSPS) is 10.7. The van der Waals surface area contributed by atoms with Crippen LogP contribution in [0.4, 0.5) is 0 Å². The number of para-hydroxylation sites is 2. The molecule has 5 heteroatoms. The summed E-state index contributed by atoms with van der Waals surface area (Å²) in [5.74, 6) is 0.557. The molecule has 1 N–H and O–H groups in total. The van der Waals surface area contributed by atoms with Crippen LogP contribution in [0.5, 0.6) is 0 Å². The molecule has 1 heterocycles. The molecule has 3 rings (SSSR count). The maximum Gasteiger partial charge on any atom is 0.217 e. The smallest absolute Gasteiger partial charge is 0.217 e. The second kappa shape index (κ2) is 6.44. The van der Waals surface area contributed by atoms with Gasteiger partial charge in [-0.3, -0.25) is 9.59 Å². The van der Waals surface area contributed by atoms with Gasteiger partial charge in [0.2, 0.25) is 5.91 Å². The number of ketones is 1. The van der Waals surface area contributed by atoms with Crippen LogP contribution in [-0.4, -0.2) is 21.2 Å². The number of Topliss-reactive ketones (excluding diaryl/α,β-unsaturated/α-hetero) is 1. The highest BCUT2D eigenvalue weighted by Gasteiger charge is 2.14. The van der Waals surface area contributed by atoms with E-state index in [0.717, 1.165) is 11.0 Å². The van der Waals surface area contributed by atoms with Crippen molar-refractivity contribution in [2.24, 2.45) is 0 Å². The van der Waals surface area contributed by atoms with Gasteiger partial charge in [0.05, 0.1) is 24.1 Å². The zero-order chi connectivity index (χ0) is 16.2. The third kappa shape index (κ3) is 3.29. The summed E-state index contributed by atoms with van der Waals surface area (Å²) in [5, 5.41) is 2.74. The highest BCUT2D eigenvalue weighted by atomic mass is 16.1. The molecular formula is C18H17N3O2. The minimum Gasteiger partial charge on any atom is -0.349 e. The lowest BCUT2D eigenvalue weighted by molar-refractivity contribution is -0.119. The van der Waals surface area contributed by atoms with Crippen molar-refractivity contribution < 1.29 is 9.59 Å². The molecule has 0 fully saturated rings. The van der Waals surface area contributed by atoms with Gasteiger partial charge in [0.15, 0.2) is 5.78 Å². The first-order valence-electron chi connectivity index (χ1n) is 7.42. The predicted molar refractivity (Wildman–Crippen MR) is 88.0 cm³/mol. The van der Waals surface area contributed by atoms with Gasteiger partial charge in [0.1, 0.15) is 5.82 Å². The lowest BCUT2D eigenvalue weighted by Crippen LogP contribution is -2.23. The third-order valence-corrected chi connectivity index (χ3v) is 3.63. The second-order valence-electron chi connectivity index (χ2n) is 5.30. The van der Waals surface area contributed by atoms with E-state index in [1.165, 1.54) is 6.92 Å². The molecule has 1 aromatic heterocycles. The standard InChI is InChI=1S/C18H17N3O2/c1-13(22)19-11-18-20-15-9-5-6-10-16(15)21(18)12-17(23)14-7-3-2-4-8-14/h2-10H,11-12H2,1H3,(H,19,22). The molecule has 0 spiro atoms. The van der Waals surface area contributed by atoms with Gasteiger partial charge in [-0.25, -0.2) is 4.98 Å². The fourth-order valence-corrected chi connectivity index (χ4v) is 2.50. The van der Waals surface area contributed by atoms with E-state index in [2.05, 4.69) is 10.3 Å². The van der Waals surface area contributed by atoms with Crippen LogP contribution in [0.1, 0.15) is 23.1 Å². The van der Waals surface area contributed by atoms with E-state index in [0.29, 0.717) is 17.9 Å². The largest absolute Gasteiger partial charge is 0.349 e. The van der Waals surface area contributed by atoms with Crippen molar-refractivity contribution in [3.8, 4) is 0 Å². The average Bonchev–Trinajstić information content (AvgIpc) is 2.91. The molecule has 0 aliphatic carbocycles. The first-order chi connectivity index (χ1) is 11.1. The Morgan fingerprint density at radius 3 is 2.48 bits per heavy atom. The second-order valence-corrected chi connectivity index (χ2v) is 5.30. The van der Waals surface area contributed by atoms with Gasteiger partial charge in [-0.2, -0.15) is 0 Å². The summed E-state index contributed by atoms with van der Waals surface area (Å²) >= 11 is 0. The quantitative estimate of drug-likeness (QED) is 0.737. The van der Waals surface area contributed by atoms with Crippen molar-refractivity contribution in [2.75, 3.05) is 0 Å². The van der Waals surface area contributed by atoms with Gasteiger partial charge in [0.25, 0.3) is 0 Å². The van der Waals surface area contributed by atoms with Crippen molar-refractivity contribution in [3.05, 3.63) is 66.0 Å². The fraction of sp³-hybridized carbons (Fsp3) is 0.167. The molecule has 5 nitrogen and oxygen atoms in total. The van der Waals surface area contributed by atoms with Crippen LogP contribution < -0.4 is 5.32 Å². The number of carbonyl (C=O) groups excluding carboxylic acids is 2. The first kappa shape index (κ1) is 15.0. The van der Waals surface area contributed by atoms with Crippen LogP contribution in [0.15, 0.2) is 54.6 Å². The van der Waals surface area contributed by atoms with Crippen molar-refractivity contribution in [1.82, 2.24) is 14.9 Å². The number of benzene rings is 2. The molecule has 0 aliphatic heterocycles. The fourth-order valence-electron chi connectivity index (χ4n) is 2.50. The number of carbonyl (C=O) groups is 2. The monoisotopic (exact) mass is 307 g/mol. The summed E-state index contributed by atoms with van der Waals surface area (Å²) < 4.78 is 1.86. The number of hydrogen-bond acceptors (Lipinski definition) is 3. The number of nitrogens with one attached hydrogen (secondary N) is 1. The summed E-state index contributed by atoms with van der Waals surface area (Å²) in [6.45, 7) is 1.95. The summed E-state index contributed by atoms with van der Waals surface area (Å²) in [4.78, 5) is 28.2. The number of fused-ring (bicyclic) bond motifs is 1. The summed E-state index contributed by atoms with van der Waals surface area (Å²) in [5.41, 5.74) is 2.36. The molecule has 0 unspecified atom stereocenters. The van der Waals surface area contributed by atoms with Gasteiger partial charge in [-0.1, -0.05) is 42.5 Å². The lowest BCUT2D eigenvalue weighted by atomic mass is 10.1. The van der Waals surface area contributed by atoms with Crippen LogP contribution in [0, 0.1) is 0 Å². The molecule has 3 aromatic rings. The Balaban J connectivity index is 1.95. The highest BCUT2D eigenvalue weighted by molar-refractivity contribution is 5.96. The Bertz CT molecular complexity index is 853. The molecule has 1 amide bonds. The van der Waals surface area contributed by atoms with Gasteiger partial charge in [0, 0.05) is 12.5 Å². The van der Waals surface area contributed by atoms with Crippen molar-refractivity contribution in [3.63, 3.8) is 0 Å². The van der Waals surface area contributed by atoms with Gasteiger partial charge < -0.3 is 9.88 Å². The van der Waals surface area contributed by atoms with E-state index in [1.807, 2.05) is 47.0 Å². The van der Waals surface area contributed by atoms with Gasteiger partial charge in [-0.15, -0.1) is 0 Å². The number of amides is 1. The number of nitrogens with zero attached hydrogens (tertiary/aromatic N) is 2. The van der Waals surface area contributed by atoms with Crippen molar-refractivity contribution in [1.29, 1.82) is 0 Å². The summed E-state index contributed by atoms with van der Waals surface area (Å²) in [6.07, 6.45) is 0. The van der Waals surface area contributed by atoms with E-state index < -0.39 is 0 Å². The maximum absolute atomic E-state index is 12.5. The molecule has 0 atom stereocenters. The zero-order valence-electron chi connectivity index (χ0n) is 12.8. The summed E-state index contributed by atoms with van der Waals surface area (Å²) in [7, 11) is 0. The van der Waals surface area contributed by atoms with Crippen LogP contribution in [0.25, 0.3) is 11.0 Å². The number of imidazole rings is 1. The van der Waals surface area contributed by atoms with Crippen LogP contribution in [-0.2, 0) is 17.9 Å². The molecule has 2 aromatic carbocycles. The third-order valence-electron chi connectivity index (χ3n) is 3.63. The van der Waals surface area contributed by atoms with E-state index in [1.54, 1.807) is 12.1 Å². The maximum atomic E-state index is 12.5. The topological polar surface area (TPSA) is 64.0 Å². The van der Waals surface area contributed by atoms with Crippen LogP contribution >= 0.6 is 0 Å². The van der Waals surface area contributed by atoms with Gasteiger partial charge in [-0.05, 0) is 12.1 Å². The van der Waals surface area contributed by atoms with E-state index in [-0.39, 0.29) is 18.2 Å². The molecule has 23 heavy (non-hydrogen) atoms. The number of hydrogen-bond donors (Lipinski definition) is 1. The molecule has 116 valence electrons. The first-order valence-corrected chi connectivity index (χ1v) is 7.42. The Morgan fingerprint density at radius 2 is 1.74 bits per heavy atom. The minimum atomic E-state index is -0.127. The highest BCUT2D eigenvalue weighted by Crippen LogP contribution is 2.17. The van der Waals surface area contributed by atoms with E-state index >= 15 is 0 Å². The lowest BCUT2D eigenvalue weighted by Gasteiger charge is -2.09. The zero-order valence-corrected chi connectivity index (χ0v) is 12.8. The summed E-state index contributed by atoms with van der Waals surface area (Å²) in [6, 6.07) is 16.8. The number of aromatic nitrogens is 2. The van der Waals surface area contributed by atoms with E-state index in [9.17, 15) is 9.59 Å². The van der Waals surface area contributed by atoms with Crippen LogP contribution in [0.3, 0.4) is 0 Å².